The molecule has 1 fully saturated rings. The van der Waals surface area contributed by atoms with E-state index in [0.29, 0.717) is 0 Å². The van der Waals surface area contributed by atoms with Gasteiger partial charge in [-0.1, -0.05) is 0 Å². The zero-order valence-electron chi connectivity index (χ0n) is 20.1. The smallest absolute Gasteiger partial charge is 0.387 e. The van der Waals surface area contributed by atoms with Crippen LogP contribution in [-0.4, -0.2) is 82.6 Å². The molecule has 0 aliphatic carbocycles. The number of aliphatic hydroxyl groups is 2. The molecule has 0 spiro atoms. The second kappa shape index (κ2) is 10.9. The van der Waals surface area contributed by atoms with Gasteiger partial charge in [0.05, 0.1) is 12.9 Å². The summed E-state index contributed by atoms with van der Waals surface area (Å²) in [5.74, 6) is -0.229. The molecule has 2 unspecified atom stereocenters. The zero-order valence-corrected chi connectivity index (χ0v) is 22.8. The third kappa shape index (κ3) is 6.04. The van der Waals surface area contributed by atoms with E-state index < -0.39 is 59.7 Å². The lowest BCUT2D eigenvalue weighted by atomic mass is 9.99. The van der Waals surface area contributed by atoms with Gasteiger partial charge in [0.25, 0.3) is 5.56 Å². The Morgan fingerprint density at radius 3 is 2.22 bits per heavy atom. The number of ether oxygens (including phenoxy) is 1. The van der Waals surface area contributed by atoms with E-state index in [-0.39, 0.29) is 17.1 Å². The molecule has 210 valence electrons. The number of aromatic amines is 1. The van der Waals surface area contributed by atoms with Crippen molar-refractivity contribution in [1.29, 1.82) is 0 Å². The molecule has 37 heavy (non-hydrogen) atoms. The molecule has 1 saturated heterocycles. The van der Waals surface area contributed by atoms with E-state index in [1.54, 1.807) is 0 Å². The summed E-state index contributed by atoms with van der Waals surface area (Å²) in [6.45, 7) is 0.497. The number of imidazole rings is 1. The third-order valence-electron chi connectivity index (χ3n) is 5.16. The van der Waals surface area contributed by atoms with Crippen molar-refractivity contribution in [2.24, 2.45) is 0 Å². The zero-order chi connectivity index (χ0) is 27.8. The van der Waals surface area contributed by atoms with Crippen molar-refractivity contribution < 1.29 is 59.9 Å². The maximum Gasteiger partial charge on any atom is 0.492 e. The summed E-state index contributed by atoms with van der Waals surface area (Å²) in [5.41, 5.74) is 2.98. The van der Waals surface area contributed by atoms with Crippen LogP contribution in [0.1, 0.15) is 13.2 Å². The van der Waals surface area contributed by atoms with Crippen LogP contribution in [-0.2, 0) is 49.7 Å². The number of nitrogen functional groups attached to an aromatic ring is 1. The van der Waals surface area contributed by atoms with E-state index in [0.717, 1.165) is 39.3 Å². The number of anilines is 1. The van der Waals surface area contributed by atoms with Gasteiger partial charge in [0.2, 0.25) is 5.95 Å². The van der Waals surface area contributed by atoms with E-state index in [1.165, 1.54) is 6.92 Å². The van der Waals surface area contributed by atoms with Crippen LogP contribution in [0.3, 0.4) is 0 Å². The topological polar surface area (TPSA) is 255 Å². The molecule has 19 nitrogen and oxygen atoms in total. The molecule has 2 aromatic heterocycles. The average Bonchev–Trinajstić information content (AvgIpc) is 3.37. The maximum atomic E-state index is 13.0. The molecule has 0 amide bonds. The Morgan fingerprint density at radius 2 is 1.65 bits per heavy atom. The molecule has 2 aromatic rings. The lowest BCUT2D eigenvalue weighted by Gasteiger charge is -2.29. The number of nitrogens with two attached hydrogens (primary N) is 1. The maximum absolute atomic E-state index is 13.0. The monoisotopic (exact) mass is 593 g/mol. The van der Waals surface area contributed by atoms with Crippen molar-refractivity contribution in [2.75, 3.05) is 40.8 Å². The van der Waals surface area contributed by atoms with Gasteiger partial charge < -0.3 is 20.7 Å². The summed E-state index contributed by atoms with van der Waals surface area (Å²) in [7, 11) is -10.7. The van der Waals surface area contributed by atoms with Crippen LogP contribution in [0.5, 0.6) is 0 Å². The van der Waals surface area contributed by atoms with Gasteiger partial charge in [0.15, 0.2) is 17.4 Å². The van der Waals surface area contributed by atoms with Crippen LogP contribution >= 0.6 is 23.5 Å². The Hall–Kier alpha value is -1.56. The fourth-order valence-electron chi connectivity index (χ4n) is 3.19. The van der Waals surface area contributed by atoms with E-state index in [2.05, 4.69) is 32.8 Å². The number of phosphoric acid groups is 3. The summed E-state index contributed by atoms with van der Waals surface area (Å²) in [4.78, 5) is 22.2. The molecular formula is C15H26N5O14P3. The molecule has 22 heteroatoms. The summed E-state index contributed by atoms with van der Waals surface area (Å²) in [6, 6.07) is 0. The summed E-state index contributed by atoms with van der Waals surface area (Å²) in [5, 5.41) is 21.3. The number of H-pyrrole nitrogens is 1. The molecular weight excluding hydrogens is 567 g/mol. The molecule has 0 radical (unpaired) electrons. The first-order valence-corrected chi connectivity index (χ1v) is 14.4. The molecule has 3 heterocycles. The van der Waals surface area contributed by atoms with Crippen LogP contribution in [0.15, 0.2) is 11.1 Å². The SMILES string of the molecule is COP(=O)(OC)OP(=O)(OC)OP(=O)(OC)OC[C@@]1(C)O[C@@H](n2cnc3c(=O)[nH]c(N)nc32)[C@H](O)[C@@H]1O. The van der Waals surface area contributed by atoms with Crippen LogP contribution in [0.2, 0.25) is 0 Å². The molecule has 5 N–H and O–H groups in total. The predicted molar refractivity (Wildman–Crippen MR) is 122 cm³/mol. The second-order valence-electron chi connectivity index (χ2n) is 7.54. The normalized spacial score (nSPS) is 27.8. The lowest BCUT2D eigenvalue weighted by molar-refractivity contribution is -0.114. The van der Waals surface area contributed by atoms with E-state index in [1.807, 2.05) is 0 Å². The summed E-state index contributed by atoms with van der Waals surface area (Å²) >= 11 is 0. The highest BCUT2D eigenvalue weighted by molar-refractivity contribution is 7.67. The highest BCUT2D eigenvalue weighted by atomic mass is 31.3. The quantitative estimate of drug-likeness (QED) is 0.247. The second-order valence-corrected chi connectivity index (χ2v) is 13.2. The van der Waals surface area contributed by atoms with Crippen molar-refractivity contribution in [3.05, 3.63) is 16.7 Å². The summed E-state index contributed by atoms with van der Waals surface area (Å²) in [6.07, 6.45) is -3.52. The third-order valence-corrected chi connectivity index (χ3v) is 10.6. The lowest BCUT2D eigenvalue weighted by Crippen LogP contribution is -2.44. The molecule has 3 rings (SSSR count). The minimum absolute atomic E-state index is 0.0486. The number of nitrogens with zero attached hydrogens (tertiary/aromatic N) is 3. The van der Waals surface area contributed by atoms with E-state index in [4.69, 9.17) is 23.8 Å². The number of phosphoric ester groups is 2. The Bertz CT molecular complexity index is 1330. The number of aromatic nitrogens is 4. The van der Waals surface area contributed by atoms with Gasteiger partial charge in [-0.15, -0.1) is 0 Å². The van der Waals surface area contributed by atoms with Crippen molar-refractivity contribution in [3.63, 3.8) is 0 Å². The Morgan fingerprint density at radius 1 is 1.08 bits per heavy atom. The number of hydrogen-bond acceptors (Lipinski definition) is 17. The average molecular weight is 593 g/mol. The number of rotatable bonds is 12. The van der Waals surface area contributed by atoms with Crippen LogP contribution in [0, 0.1) is 0 Å². The van der Waals surface area contributed by atoms with Crippen molar-refractivity contribution in [3.8, 4) is 0 Å². The first-order valence-electron chi connectivity index (χ1n) is 10.0. The number of fused-ring (bicyclic) bond motifs is 1. The van der Waals surface area contributed by atoms with Crippen molar-refractivity contribution in [1.82, 2.24) is 19.5 Å². The van der Waals surface area contributed by atoms with E-state index >= 15 is 0 Å². The van der Waals surface area contributed by atoms with Gasteiger partial charge >= 0.3 is 23.5 Å². The van der Waals surface area contributed by atoms with Gasteiger partial charge in [-0.25, -0.2) is 18.7 Å². The number of nitrogens with one attached hydrogen (secondary N) is 1. The van der Waals surface area contributed by atoms with Gasteiger partial charge in [-0.2, -0.15) is 13.6 Å². The molecule has 1 aliphatic rings. The van der Waals surface area contributed by atoms with Gasteiger partial charge in [0, 0.05) is 28.4 Å². The molecule has 1 aliphatic heterocycles. The van der Waals surface area contributed by atoms with Gasteiger partial charge in [-0.05, 0) is 6.92 Å². The largest absolute Gasteiger partial charge is 0.492 e. The first kappa shape index (κ1) is 30.0. The van der Waals surface area contributed by atoms with Crippen molar-refractivity contribution >= 4 is 40.6 Å². The number of aliphatic hydroxyl groups excluding tert-OH is 2. The fraction of sp³-hybridized carbons (Fsp3) is 0.667. The predicted octanol–water partition coefficient (Wildman–Crippen LogP) is 0.671. The minimum Gasteiger partial charge on any atom is -0.387 e. The van der Waals surface area contributed by atoms with E-state index in [9.17, 15) is 28.7 Å². The van der Waals surface area contributed by atoms with Crippen LogP contribution in [0.4, 0.5) is 5.95 Å². The molecule has 6 atom stereocenters. The number of hydrogen-bond donors (Lipinski definition) is 4. The molecule has 0 bridgehead atoms. The highest BCUT2D eigenvalue weighted by Gasteiger charge is 2.54. The Kier molecular flexibility index (Phi) is 8.83. The standard InChI is InChI=1S/C15H26N5O14P3/c1-15(6-31-36(25,29-4)34-37(26,30-5)33-35(24,27-2)28-3)10(22)9(21)13(32-15)20-7-17-8-11(20)18-14(16)19-12(8)23/h7,9-10,13,21-22H,6H2,1-5H3,(H3,16,18,19,23)/t9-,10+,13-,15-,36?,37?/m1/s1. The minimum atomic E-state index is -4.94. The molecule has 0 saturated carbocycles. The molecule has 0 aromatic carbocycles. The Balaban J connectivity index is 1.82. The highest BCUT2D eigenvalue weighted by Crippen LogP contribution is 2.72. The first-order chi connectivity index (χ1) is 17.2. The summed E-state index contributed by atoms with van der Waals surface area (Å²) < 4.78 is 77.7. The fourth-order valence-corrected chi connectivity index (χ4v) is 7.73. The van der Waals surface area contributed by atoms with Gasteiger partial charge in [-0.3, -0.25) is 37.0 Å². The van der Waals surface area contributed by atoms with Crippen molar-refractivity contribution in [2.45, 2.75) is 31.0 Å². The van der Waals surface area contributed by atoms with Gasteiger partial charge in [0.1, 0.15) is 17.8 Å². The Labute approximate surface area is 208 Å². The van der Waals surface area contributed by atoms with Crippen LogP contribution in [0.25, 0.3) is 11.2 Å². The van der Waals surface area contributed by atoms with Crippen LogP contribution < -0.4 is 11.3 Å².